The topological polar surface area (TPSA) is 55.4 Å². The molecule has 0 saturated heterocycles. The van der Waals surface area contributed by atoms with Gasteiger partial charge >= 0.3 is 0 Å². The molecule has 66 heavy (non-hydrogen) atoms. The monoisotopic (exact) mass is 925 g/mol. The SMILES string of the molecule is CSc1cc2c3c(c1)Oc1cc4c(cc1B3c1cc3c(cc1O2)Nc1cc(SC)cc2c1B3c1cccc3c1N2c1ccccc1O3)B1c2ccccc2Oc2cc(SC)cc(c21)N4SC. The molecule has 0 bridgehead atoms. The molecule has 0 radical (unpaired) electrons. The lowest BCUT2D eigenvalue weighted by Crippen LogP contribution is -2.64. The molecular weight excluding hydrogens is 891 g/mol. The predicted octanol–water partition coefficient (Wildman–Crippen LogP) is 8.39. The van der Waals surface area contributed by atoms with Gasteiger partial charge in [-0.05, 0) is 135 Å². The third kappa shape index (κ3) is 5.00. The number of fused-ring (bicyclic) bond motifs is 14. The molecule has 8 aromatic rings. The second kappa shape index (κ2) is 13.8. The number of ether oxygens (including phenoxy) is 4. The summed E-state index contributed by atoms with van der Waals surface area (Å²) >= 11 is 6.91. The number of benzene rings is 8. The van der Waals surface area contributed by atoms with Crippen molar-refractivity contribution in [3.63, 3.8) is 0 Å². The zero-order chi connectivity index (χ0) is 43.7. The number of para-hydroxylation sites is 4. The van der Waals surface area contributed by atoms with Gasteiger partial charge in [-0.2, -0.15) is 0 Å². The highest BCUT2D eigenvalue weighted by molar-refractivity contribution is 8.00. The maximum absolute atomic E-state index is 7.12. The van der Waals surface area contributed by atoms with Gasteiger partial charge in [0.1, 0.15) is 34.5 Å². The Bertz CT molecular complexity index is 3560. The van der Waals surface area contributed by atoms with Crippen molar-refractivity contribution in [3.05, 3.63) is 127 Å². The second-order valence-corrected chi connectivity index (χ2v) is 20.8. The van der Waals surface area contributed by atoms with Crippen LogP contribution in [-0.2, 0) is 0 Å². The summed E-state index contributed by atoms with van der Waals surface area (Å²) in [6.07, 6.45) is 8.55. The molecule has 7 heterocycles. The van der Waals surface area contributed by atoms with E-state index in [4.69, 9.17) is 18.9 Å². The summed E-state index contributed by atoms with van der Waals surface area (Å²) in [6.45, 7) is -0.259. The van der Waals surface area contributed by atoms with Gasteiger partial charge in [0.25, 0.3) is 20.1 Å². The van der Waals surface area contributed by atoms with Gasteiger partial charge in [0.15, 0.2) is 11.5 Å². The zero-order valence-electron chi connectivity index (χ0n) is 36.0. The molecule has 0 saturated carbocycles. The first-order valence-corrected chi connectivity index (χ1v) is 26.8. The van der Waals surface area contributed by atoms with Crippen LogP contribution >= 0.6 is 47.2 Å². The van der Waals surface area contributed by atoms with Crippen LogP contribution in [0.25, 0.3) is 0 Å². The first kappa shape index (κ1) is 38.1. The highest BCUT2D eigenvalue weighted by Gasteiger charge is 2.49. The number of nitrogens with one attached hydrogen (secondary N) is 1. The fourth-order valence-corrected chi connectivity index (χ4v) is 13.8. The van der Waals surface area contributed by atoms with Gasteiger partial charge in [-0.25, -0.2) is 0 Å². The van der Waals surface area contributed by atoms with Gasteiger partial charge in [0.2, 0.25) is 0 Å². The Morgan fingerprint density at radius 1 is 0.394 bits per heavy atom. The van der Waals surface area contributed by atoms with E-state index < -0.39 is 0 Å². The molecule has 314 valence electrons. The Balaban J connectivity index is 0.972. The van der Waals surface area contributed by atoms with E-state index >= 15 is 0 Å². The van der Waals surface area contributed by atoms with Crippen molar-refractivity contribution in [2.75, 3.05) is 39.5 Å². The van der Waals surface area contributed by atoms with Gasteiger partial charge in [-0.15, -0.1) is 35.3 Å². The molecule has 7 aliphatic rings. The quantitative estimate of drug-likeness (QED) is 0.105. The molecule has 15 rings (SSSR count). The van der Waals surface area contributed by atoms with Crippen LogP contribution in [0.5, 0.6) is 46.0 Å². The van der Waals surface area contributed by atoms with Gasteiger partial charge in [-0.1, -0.05) is 54.6 Å². The van der Waals surface area contributed by atoms with E-state index in [0.29, 0.717) is 0 Å². The average Bonchev–Trinajstić information content (AvgIpc) is 3.35. The van der Waals surface area contributed by atoms with Crippen LogP contribution in [0.3, 0.4) is 0 Å². The Labute approximate surface area is 400 Å². The molecule has 0 atom stereocenters. The van der Waals surface area contributed by atoms with E-state index in [-0.39, 0.29) is 20.1 Å². The van der Waals surface area contributed by atoms with E-state index in [1.807, 2.05) is 6.07 Å². The Morgan fingerprint density at radius 2 is 0.985 bits per heavy atom. The molecule has 1 N–H and O–H groups in total. The molecule has 0 amide bonds. The smallest absolute Gasteiger partial charge is 0.260 e. The lowest BCUT2D eigenvalue weighted by molar-refractivity contribution is 0.462. The summed E-state index contributed by atoms with van der Waals surface area (Å²) in [6, 6.07) is 46.5. The third-order valence-electron chi connectivity index (χ3n) is 14.4. The largest absolute Gasteiger partial charge is 0.458 e. The number of anilines is 7. The van der Waals surface area contributed by atoms with Crippen molar-refractivity contribution in [2.45, 2.75) is 14.7 Å². The lowest BCUT2D eigenvalue weighted by atomic mass is 9.30. The highest BCUT2D eigenvalue weighted by Crippen LogP contribution is 2.53. The van der Waals surface area contributed by atoms with E-state index in [0.717, 1.165) is 101 Å². The Morgan fingerprint density at radius 3 is 1.77 bits per heavy atom. The first-order valence-electron chi connectivity index (χ1n) is 21.9. The molecule has 0 fully saturated rings. The second-order valence-electron chi connectivity index (χ2n) is 17.5. The van der Waals surface area contributed by atoms with Crippen molar-refractivity contribution in [1.82, 2.24) is 0 Å². The van der Waals surface area contributed by atoms with E-state index in [1.54, 1.807) is 47.2 Å². The summed E-state index contributed by atoms with van der Waals surface area (Å²) in [7, 11) is 0. The van der Waals surface area contributed by atoms with Crippen molar-refractivity contribution in [1.29, 1.82) is 0 Å². The first-order chi connectivity index (χ1) is 32.5. The van der Waals surface area contributed by atoms with Gasteiger partial charge in [-0.3, -0.25) is 4.31 Å². The molecule has 0 aromatic heterocycles. The molecular formula is C52H34B3N3O4S4. The average molecular weight is 926 g/mol. The molecule has 0 aliphatic carbocycles. The highest BCUT2D eigenvalue weighted by atomic mass is 32.2. The summed E-state index contributed by atoms with van der Waals surface area (Å²) in [5, 5.41) is 3.96. The van der Waals surface area contributed by atoms with Crippen LogP contribution < -0.4 is 82.6 Å². The minimum atomic E-state index is -0.161. The Hall–Kier alpha value is -6.05. The minimum Gasteiger partial charge on any atom is -0.458 e. The van der Waals surface area contributed by atoms with Crippen molar-refractivity contribution >= 4 is 156 Å². The third-order valence-corrected chi connectivity index (χ3v) is 17.3. The number of thioether (sulfide) groups is 3. The molecule has 0 unspecified atom stereocenters. The van der Waals surface area contributed by atoms with Gasteiger partial charge < -0.3 is 29.2 Å². The summed E-state index contributed by atoms with van der Waals surface area (Å²) in [5.74, 6) is 6.92. The summed E-state index contributed by atoms with van der Waals surface area (Å²) in [5.41, 5.74) is 18.4. The predicted molar refractivity (Wildman–Crippen MR) is 282 cm³/mol. The van der Waals surface area contributed by atoms with E-state index in [9.17, 15) is 0 Å². The van der Waals surface area contributed by atoms with Crippen LogP contribution in [0.15, 0.2) is 142 Å². The molecule has 7 aliphatic heterocycles. The van der Waals surface area contributed by atoms with E-state index in [1.165, 1.54) is 48.3 Å². The van der Waals surface area contributed by atoms with Crippen LogP contribution in [0.1, 0.15) is 0 Å². The fourth-order valence-electron chi connectivity index (χ4n) is 11.7. The zero-order valence-corrected chi connectivity index (χ0v) is 39.3. The molecule has 8 aromatic carbocycles. The van der Waals surface area contributed by atoms with E-state index in [2.05, 4.69) is 161 Å². The maximum atomic E-state index is 7.12. The molecule has 0 spiro atoms. The lowest BCUT2D eigenvalue weighted by Gasteiger charge is -2.44. The van der Waals surface area contributed by atoms with Crippen molar-refractivity contribution in [3.8, 4) is 46.0 Å². The number of hydrogen-bond acceptors (Lipinski definition) is 11. The van der Waals surface area contributed by atoms with Gasteiger partial charge in [0, 0.05) is 55.6 Å². The number of rotatable bonds is 4. The molecule has 14 heteroatoms. The number of hydrogen-bond donors (Lipinski definition) is 1. The van der Waals surface area contributed by atoms with Crippen molar-refractivity contribution in [2.24, 2.45) is 0 Å². The standard InChI is InChI=1S/C52H34B3N3O4S4/c1-63-26-16-36-49-39(17-26)57-37-12-6-8-14-42(37)60-43-15-9-11-30(52(43)57)54(49)31-22-33-44(24-35(31)56-36)61-47-20-28(65-3)21-48-51(47)55(33)34-23-32-38(25-45(34)62-48)58(66-4)40-18-27(64-2)19-46-50(40)53(32)29-10-5-7-13-41(29)59-46/h5-25,56H,1-4H3. The van der Waals surface area contributed by atoms with Crippen LogP contribution in [0, 0.1) is 0 Å². The van der Waals surface area contributed by atoms with Crippen molar-refractivity contribution < 1.29 is 18.9 Å². The number of nitrogens with zero attached hydrogens (tertiary/aromatic N) is 2. The summed E-state index contributed by atoms with van der Waals surface area (Å²) < 4.78 is 30.0. The van der Waals surface area contributed by atoms with Gasteiger partial charge in [0.05, 0.1) is 22.7 Å². The minimum absolute atomic E-state index is 0.0331. The summed E-state index contributed by atoms with van der Waals surface area (Å²) in [4.78, 5) is 5.88. The maximum Gasteiger partial charge on any atom is 0.260 e. The Kier molecular flexibility index (Phi) is 7.94. The molecule has 7 nitrogen and oxygen atoms in total. The normalized spacial score (nSPS) is 14.8. The van der Waals surface area contributed by atoms with Crippen LogP contribution in [0.4, 0.5) is 39.8 Å². The van der Waals surface area contributed by atoms with Crippen LogP contribution in [-0.4, -0.2) is 45.2 Å². The van der Waals surface area contributed by atoms with Crippen LogP contribution in [0.2, 0.25) is 0 Å². The fraction of sp³-hybridized carbons (Fsp3) is 0.0769.